The molecule has 1 aliphatic heterocycles. The van der Waals surface area contributed by atoms with Crippen molar-refractivity contribution in [3.05, 3.63) is 23.2 Å². The van der Waals surface area contributed by atoms with Gasteiger partial charge < -0.3 is 5.32 Å². The van der Waals surface area contributed by atoms with Crippen LogP contribution in [-0.2, 0) is 10.0 Å². The van der Waals surface area contributed by atoms with Crippen molar-refractivity contribution in [2.75, 3.05) is 18.4 Å². The first-order chi connectivity index (χ1) is 9.27. The van der Waals surface area contributed by atoms with Crippen LogP contribution in [0.2, 0.25) is 5.02 Å². The SMILES string of the molecule is CC(C)N1CCC(Nc2cc(S(N)(=O)=O)ccc2Cl)C1. The third-order valence-corrected chi connectivity index (χ3v) is 4.82. The molecule has 0 aromatic heterocycles. The topological polar surface area (TPSA) is 75.4 Å². The van der Waals surface area contributed by atoms with Gasteiger partial charge in [-0.3, -0.25) is 4.90 Å². The van der Waals surface area contributed by atoms with Crippen LogP contribution in [0.4, 0.5) is 5.69 Å². The van der Waals surface area contributed by atoms with Gasteiger partial charge in [0.05, 0.1) is 15.6 Å². The van der Waals surface area contributed by atoms with E-state index in [1.165, 1.54) is 12.1 Å². The van der Waals surface area contributed by atoms with E-state index in [4.69, 9.17) is 16.7 Å². The average molecular weight is 318 g/mol. The molecule has 0 radical (unpaired) electrons. The molecule has 1 aliphatic rings. The van der Waals surface area contributed by atoms with E-state index in [2.05, 4.69) is 24.1 Å². The summed E-state index contributed by atoms with van der Waals surface area (Å²) in [6.45, 7) is 6.28. The fourth-order valence-electron chi connectivity index (χ4n) is 2.39. The largest absolute Gasteiger partial charge is 0.380 e. The van der Waals surface area contributed by atoms with E-state index in [1.54, 1.807) is 6.07 Å². The fraction of sp³-hybridized carbons (Fsp3) is 0.538. The van der Waals surface area contributed by atoms with Crippen molar-refractivity contribution in [1.29, 1.82) is 0 Å². The van der Waals surface area contributed by atoms with Gasteiger partial charge in [0, 0.05) is 25.2 Å². The van der Waals surface area contributed by atoms with Gasteiger partial charge in [0.1, 0.15) is 0 Å². The van der Waals surface area contributed by atoms with Gasteiger partial charge in [0.25, 0.3) is 0 Å². The number of primary sulfonamides is 1. The molecule has 0 amide bonds. The van der Waals surface area contributed by atoms with E-state index in [0.29, 0.717) is 16.8 Å². The van der Waals surface area contributed by atoms with E-state index >= 15 is 0 Å². The van der Waals surface area contributed by atoms with Crippen molar-refractivity contribution in [1.82, 2.24) is 4.90 Å². The van der Waals surface area contributed by atoms with Gasteiger partial charge in [-0.1, -0.05) is 11.6 Å². The summed E-state index contributed by atoms with van der Waals surface area (Å²) in [6.07, 6.45) is 1.01. The summed E-state index contributed by atoms with van der Waals surface area (Å²) in [5.41, 5.74) is 0.619. The first-order valence-corrected chi connectivity index (χ1v) is 8.52. The van der Waals surface area contributed by atoms with Crippen LogP contribution in [0.3, 0.4) is 0 Å². The molecule has 112 valence electrons. The summed E-state index contributed by atoms with van der Waals surface area (Å²) in [5.74, 6) is 0. The van der Waals surface area contributed by atoms with E-state index in [-0.39, 0.29) is 10.9 Å². The third-order valence-electron chi connectivity index (χ3n) is 3.58. The third kappa shape index (κ3) is 3.63. The highest BCUT2D eigenvalue weighted by molar-refractivity contribution is 7.89. The van der Waals surface area contributed by atoms with Gasteiger partial charge in [-0.05, 0) is 38.5 Å². The molecule has 0 aliphatic carbocycles. The minimum atomic E-state index is -3.71. The Labute approximate surface area is 125 Å². The van der Waals surface area contributed by atoms with Crippen molar-refractivity contribution in [2.24, 2.45) is 5.14 Å². The van der Waals surface area contributed by atoms with E-state index in [9.17, 15) is 8.42 Å². The van der Waals surface area contributed by atoms with Gasteiger partial charge >= 0.3 is 0 Å². The number of hydrogen-bond donors (Lipinski definition) is 2. The Morgan fingerprint density at radius 2 is 2.15 bits per heavy atom. The summed E-state index contributed by atoms with van der Waals surface area (Å²) in [6, 6.07) is 5.24. The molecule has 0 spiro atoms. The normalized spacial score (nSPS) is 20.6. The number of halogens is 1. The highest BCUT2D eigenvalue weighted by Gasteiger charge is 2.24. The number of benzene rings is 1. The summed E-state index contributed by atoms with van der Waals surface area (Å²) in [7, 11) is -3.71. The number of rotatable bonds is 4. The molecule has 1 unspecified atom stereocenters. The Morgan fingerprint density at radius 1 is 1.45 bits per heavy atom. The zero-order valence-electron chi connectivity index (χ0n) is 11.6. The molecule has 3 N–H and O–H groups in total. The van der Waals surface area contributed by atoms with Crippen molar-refractivity contribution in [3.8, 4) is 0 Å². The van der Waals surface area contributed by atoms with Crippen LogP contribution in [0.5, 0.6) is 0 Å². The molecule has 1 heterocycles. The fourth-order valence-corrected chi connectivity index (χ4v) is 3.10. The second-order valence-corrected chi connectivity index (χ2v) is 7.37. The lowest BCUT2D eigenvalue weighted by atomic mass is 10.2. The van der Waals surface area contributed by atoms with E-state index < -0.39 is 10.0 Å². The second-order valence-electron chi connectivity index (χ2n) is 5.41. The van der Waals surface area contributed by atoms with Crippen LogP contribution in [0.15, 0.2) is 23.1 Å². The molecule has 1 saturated heterocycles. The smallest absolute Gasteiger partial charge is 0.238 e. The summed E-state index contributed by atoms with van der Waals surface area (Å²) in [4.78, 5) is 2.44. The number of nitrogens with one attached hydrogen (secondary N) is 1. The first kappa shape index (κ1) is 15.6. The number of nitrogens with two attached hydrogens (primary N) is 1. The zero-order chi connectivity index (χ0) is 14.9. The molecule has 2 rings (SSSR count). The van der Waals surface area contributed by atoms with Crippen LogP contribution in [0.1, 0.15) is 20.3 Å². The van der Waals surface area contributed by atoms with Crippen LogP contribution in [0, 0.1) is 0 Å². The molecule has 1 fully saturated rings. The summed E-state index contributed by atoms with van der Waals surface area (Å²) < 4.78 is 22.7. The Kier molecular flexibility index (Phi) is 4.59. The molecular formula is C13H20ClN3O2S. The highest BCUT2D eigenvalue weighted by Crippen LogP contribution is 2.27. The van der Waals surface area contributed by atoms with Crippen LogP contribution in [0.25, 0.3) is 0 Å². The molecule has 1 atom stereocenters. The molecular weight excluding hydrogens is 298 g/mol. The number of likely N-dealkylation sites (tertiary alicyclic amines) is 1. The lowest BCUT2D eigenvalue weighted by molar-refractivity contribution is 0.274. The lowest BCUT2D eigenvalue weighted by Crippen LogP contribution is -2.31. The molecule has 1 aromatic rings. The molecule has 20 heavy (non-hydrogen) atoms. The minimum Gasteiger partial charge on any atom is -0.380 e. The van der Waals surface area contributed by atoms with Gasteiger partial charge in [-0.2, -0.15) is 0 Å². The number of hydrogen-bond acceptors (Lipinski definition) is 4. The molecule has 0 saturated carbocycles. The minimum absolute atomic E-state index is 0.0723. The molecule has 7 heteroatoms. The lowest BCUT2D eigenvalue weighted by Gasteiger charge is -2.21. The van der Waals surface area contributed by atoms with Crippen LogP contribution >= 0.6 is 11.6 Å². The Balaban J connectivity index is 2.14. The number of sulfonamides is 1. The van der Waals surface area contributed by atoms with Gasteiger partial charge in [0.15, 0.2) is 0 Å². The predicted octanol–water partition coefficient (Wildman–Crippen LogP) is 1.88. The molecule has 0 bridgehead atoms. The Bertz CT molecular complexity index is 589. The van der Waals surface area contributed by atoms with Gasteiger partial charge in [-0.25, -0.2) is 13.6 Å². The Morgan fingerprint density at radius 3 is 2.70 bits per heavy atom. The maximum absolute atomic E-state index is 11.4. The molecule has 5 nitrogen and oxygen atoms in total. The van der Waals surface area contributed by atoms with E-state index in [0.717, 1.165) is 19.5 Å². The summed E-state index contributed by atoms with van der Waals surface area (Å²) in [5, 5.41) is 8.95. The average Bonchev–Trinajstić information content (AvgIpc) is 2.79. The van der Waals surface area contributed by atoms with Crippen LogP contribution in [-0.4, -0.2) is 38.5 Å². The maximum atomic E-state index is 11.4. The monoisotopic (exact) mass is 317 g/mol. The maximum Gasteiger partial charge on any atom is 0.238 e. The zero-order valence-corrected chi connectivity index (χ0v) is 13.2. The standard InChI is InChI=1S/C13H20ClN3O2S/c1-9(2)17-6-5-10(8-17)16-13-7-11(20(15,18)19)3-4-12(13)14/h3-4,7,9-10,16H,5-6,8H2,1-2H3,(H2,15,18,19). The quantitative estimate of drug-likeness (QED) is 0.889. The van der Waals surface area contributed by atoms with Crippen molar-refractivity contribution in [3.63, 3.8) is 0 Å². The van der Waals surface area contributed by atoms with E-state index in [1.807, 2.05) is 0 Å². The number of anilines is 1. The van der Waals surface area contributed by atoms with Gasteiger partial charge in [-0.15, -0.1) is 0 Å². The Hall–Kier alpha value is -0.820. The molecule has 1 aromatic carbocycles. The highest BCUT2D eigenvalue weighted by atomic mass is 35.5. The summed E-state index contributed by atoms with van der Waals surface area (Å²) >= 11 is 6.11. The first-order valence-electron chi connectivity index (χ1n) is 6.60. The van der Waals surface area contributed by atoms with Crippen LogP contribution < -0.4 is 10.5 Å². The van der Waals surface area contributed by atoms with Crippen molar-refractivity contribution in [2.45, 2.75) is 37.2 Å². The van der Waals surface area contributed by atoms with Crippen molar-refractivity contribution < 1.29 is 8.42 Å². The van der Waals surface area contributed by atoms with Gasteiger partial charge in [0.2, 0.25) is 10.0 Å². The van der Waals surface area contributed by atoms with Crippen molar-refractivity contribution >= 4 is 27.3 Å². The number of nitrogens with zero attached hydrogens (tertiary/aromatic N) is 1. The predicted molar refractivity (Wildman–Crippen MR) is 81.6 cm³/mol. The second kappa shape index (κ2) is 5.89.